The second kappa shape index (κ2) is 9.83. The van der Waals surface area contributed by atoms with Crippen LogP contribution in [0.3, 0.4) is 0 Å². The number of para-hydroxylation sites is 2. The highest BCUT2D eigenvalue weighted by Crippen LogP contribution is 2.21. The number of nitrogens with zero attached hydrogens (tertiary/aromatic N) is 1. The van der Waals surface area contributed by atoms with Crippen LogP contribution in [0.4, 0.5) is 11.4 Å². The number of carbonyl (C=O) groups excluding carboxylic acids is 2. The molecule has 142 valence electrons. The van der Waals surface area contributed by atoms with Crippen LogP contribution in [0.1, 0.15) is 37.6 Å². The molecule has 0 spiro atoms. The van der Waals surface area contributed by atoms with Gasteiger partial charge >= 0.3 is 0 Å². The van der Waals surface area contributed by atoms with Crippen LogP contribution in [0.5, 0.6) is 0 Å². The Bertz CT molecular complexity index is 806. The highest BCUT2D eigenvalue weighted by molar-refractivity contribution is 7.80. The molecular formula is C21H25N3O2S. The van der Waals surface area contributed by atoms with Gasteiger partial charge in [-0.2, -0.15) is 0 Å². The molecule has 2 rings (SSSR count). The molecule has 0 aliphatic heterocycles. The molecule has 6 heteroatoms. The Balaban J connectivity index is 2.18. The van der Waals surface area contributed by atoms with Crippen molar-refractivity contribution >= 4 is 40.5 Å². The van der Waals surface area contributed by atoms with Gasteiger partial charge in [0, 0.05) is 18.7 Å². The molecule has 27 heavy (non-hydrogen) atoms. The minimum Gasteiger partial charge on any atom is -0.332 e. The van der Waals surface area contributed by atoms with Crippen molar-refractivity contribution in [2.45, 2.75) is 27.2 Å². The second-order valence-corrected chi connectivity index (χ2v) is 6.94. The summed E-state index contributed by atoms with van der Waals surface area (Å²) >= 11 is 5.23. The lowest BCUT2D eigenvalue weighted by Crippen LogP contribution is -2.36. The molecule has 0 aliphatic carbocycles. The summed E-state index contributed by atoms with van der Waals surface area (Å²) in [5.74, 6) is -0.0421. The van der Waals surface area contributed by atoms with E-state index in [1.165, 1.54) is 0 Å². The van der Waals surface area contributed by atoms with E-state index < -0.39 is 0 Å². The van der Waals surface area contributed by atoms with Gasteiger partial charge in [-0.05, 0) is 49.3 Å². The van der Waals surface area contributed by atoms with E-state index in [4.69, 9.17) is 12.2 Å². The summed E-state index contributed by atoms with van der Waals surface area (Å²) in [6.45, 7) is 6.39. The van der Waals surface area contributed by atoms with Crippen LogP contribution in [-0.2, 0) is 4.79 Å². The number of hydrogen-bond acceptors (Lipinski definition) is 3. The summed E-state index contributed by atoms with van der Waals surface area (Å²) in [5, 5.41) is 5.82. The number of rotatable bonds is 6. The van der Waals surface area contributed by atoms with Crippen molar-refractivity contribution in [2.75, 3.05) is 16.8 Å². The average molecular weight is 384 g/mol. The van der Waals surface area contributed by atoms with Crippen LogP contribution in [0.15, 0.2) is 54.6 Å². The third-order valence-electron chi connectivity index (χ3n) is 3.88. The fourth-order valence-corrected chi connectivity index (χ4v) is 2.90. The van der Waals surface area contributed by atoms with Crippen molar-refractivity contribution in [3.8, 4) is 0 Å². The van der Waals surface area contributed by atoms with E-state index in [1.807, 2.05) is 57.2 Å². The van der Waals surface area contributed by atoms with Crippen LogP contribution in [0, 0.1) is 5.92 Å². The highest BCUT2D eigenvalue weighted by Gasteiger charge is 2.19. The Morgan fingerprint density at radius 3 is 2.30 bits per heavy atom. The maximum Gasteiger partial charge on any atom is 0.260 e. The van der Waals surface area contributed by atoms with Crippen LogP contribution in [-0.4, -0.2) is 23.5 Å². The van der Waals surface area contributed by atoms with Gasteiger partial charge in [0.25, 0.3) is 5.91 Å². The molecule has 0 saturated heterocycles. The van der Waals surface area contributed by atoms with E-state index in [-0.39, 0.29) is 22.8 Å². The molecule has 0 radical (unpaired) electrons. The quantitative estimate of drug-likeness (QED) is 0.734. The van der Waals surface area contributed by atoms with Crippen LogP contribution in [0.25, 0.3) is 0 Å². The molecule has 2 aromatic carbocycles. The van der Waals surface area contributed by atoms with E-state index in [0.717, 1.165) is 5.69 Å². The molecule has 0 bridgehead atoms. The minimum atomic E-state index is -0.147. The van der Waals surface area contributed by atoms with Gasteiger partial charge in [-0.1, -0.05) is 44.2 Å². The number of benzene rings is 2. The number of hydrogen-bond donors (Lipinski definition) is 2. The van der Waals surface area contributed by atoms with E-state index >= 15 is 0 Å². The first-order chi connectivity index (χ1) is 12.9. The zero-order valence-corrected chi connectivity index (χ0v) is 16.7. The lowest BCUT2D eigenvalue weighted by atomic mass is 10.1. The lowest BCUT2D eigenvalue weighted by molar-refractivity contribution is -0.120. The normalized spacial score (nSPS) is 10.4. The maximum atomic E-state index is 13.1. The van der Waals surface area contributed by atoms with Crippen molar-refractivity contribution in [3.05, 3.63) is 60.2 Å². The monoisotopic (exact) mass is 383 g/mol. The zero-order chi connectivity index (χ0) is 19.8. The standard InChI is InChI=1S/C21H25N3O2S/c1-4-24(16-10-6-5-7-11-16)20(26)17-12-8-9-13-18(17)22-21(27)23-19(25)14-15(2)3/h5-13,15H,4,14H2,1-3H3,(H2,22,23,25,27). The van der Waals surface area contributed by atoms with Gasteiger partial charge in [-0.15, -0.1) is 0 Å². The van der Waals surface area contributed by atoms with E-state index in [9.17, 15) is 9.59 Å². The summed E-state index contributed by atoms with van der Waals surface area (Å²) in [7, 11) is 0. The van der Waals surface area contributed by atoms with Crippen LogP contribution >= 0.6 is 12.2 Å². The van der Waals surface area contributed by atoms with E-state index in [1.54, 1.807) is 23.1 Å². The second-order valence-electron chi connectivity index (χ2n) is 6.53. The Hall–Kier alpha value is -2.73. The molecule has 0 fully saturated rings. The number of amides is 2. The molecule has 0 unspecified atom stereocenters. The van der Waals surface area contributed by atoms with Crippen LogP contribution < -0.4 is 15.5 Å². The smallest absolute Gasteiger partial charge is 0.260 e. The lowest BCUT2D eigenvalue weighted by Gasteiger charge is -2.23. The first-order valence-electron chi connectivity index (χ1n) is 8.99. The van der Waals surface area contributed by atoms with Gasteiger partial charge in [-0.3, -0.25) is 9.59 Å². The summed E-state index contributed by atoms with van der Waals surface area (Å²) in [4.78, 5) is 26.7. The number of nitrogens with one attached hydrogen (secondary N) is 2. The Morgan fingerprint density at radius 2 is 1.67 bits per heavy atom. The number of thiocarbonyl (C=S) groups is 1. The molecule has 2 N–H and O–H groups in total. The van der Waals surface area contributed by atoms with Crippen molar-refractivity contribution in [1.82, 2.24) is 5.32 Å². The van der Waals surface area contributed by atoms with Gasteiger partial charge in [0.05, 0.1) is 11.3 Å². The molecule has 0 saturated carbocycles. The van der Waals surface area contributed by atoms with Crippen molar-refractivity contribution in [3.63, 3.8) is 0 Å². The van der Waals surface area contributed by atoms with Crippen molar-refractivity contribution < 1.29 is 9.59 Å². The Labute approximate surface area is 165 Å². The molecule has 0 aromatic heterocycles. The largest absolute Gasteiger partial charge is 0.332 e. The number of anilines is 2. The van der Waals surface area contributed by atoms with Gasteiger partial charge in [0.2, 0.25) is 5.91 Å². The van der Waals surface area contributed by atoms with Crippen molar-refractivity contribution in [2.24, 2.45) is 5.92 Å². The molecule has 0 heterocycles. The molecule has 0 aliphatic rings. The third kappa shape index (κ3) is 5.89. The first-order valence-corrected chi connectivity index (χ1v) is 9.40. The van der Waals surface area contributed by atoms with Crippen LogP contribution in [0.2, 0.25) is 0 Å². The van der Waals surface area contributed by atoms with Gasteiger partial charge in [0.15, 0.2) is 5.11 Å². The summed E-state index contributed by atoms with van der Waals surface area (Å²) < 4.78 is 0. The first kappa shape index (κ1) is 20.6. The molecule has 2 aromatic rings. The maximum absolute atomic E-state index is 13.1. The van der Waals surface area contributed by atoms with E-state index in [0.29, 0.717) is 24.2 Å². The highest BCUT2D eigenvalue weighted by atomic mass is 32.1. The predicted molar refractivity (Wildman–Crippen MR) is 114 cm³/mol. The SMILES string of the molecule is CCN(C(=O)c1ccccc1NC(=S)NC(=O)CC(C)C)c1ccccc1. The van der Waals surface area contributed by atoms with Gasteiger partial charge < -0.3 is 15.5 Å². The summed E-state index contributed by atoms with van der Waals surface area (Å²) in [6.07, 6.45) is 0.389. The van der Waals surface area contributed by atoms with E-state index in [2.05, 4.69) is 10.6 Å². The average Bonchev–Trinajstić information content (AvgIpc) is 2.62. The Morgan fingerprint density at radius 1 is 1.04 bits per heavy atom. The molecule has 0 atom stereocenters. The third-order valence-corrected chi connectivity index (χ3v) is 4.09. The summed E-state index contributed by atoms with van der Waals surface area (Å²) in [5.41, 5.74) is 1.88. The van der Waals surface area contributed by atoms with Crippen molar-refractivity contribution in [1.29, 1.82) is 0 Å². The summed E-state index contributed by atoms with van der Waals surface area (Å²) in [6, 6.07) is 16.6. The van der Waals surface area contributed by atoms with Gasteiger partial charge in [-0.25, -0.2) is 0 Å². The fourth-order valence-electron chi connectivity index (χ4n) is 2.68. The molecule has 2 amide bonds. The van der Waals surface area contributed by atoms with Gasteiger partial charge in [0.1, 0.15) is 0 Å². The minimum absolute atomic E-state index is 0.136. The Kier molecular flexibility index (Phi) is 7.49. The fraction of sp³-hybridized carbons (Fsp3) is 0.286. The predicted octanol–water partition coefficient (Wildman–Crippen LogP) is 4.21. The number of carbonyl (C=O) groups is 2. The zero-order valence-electron chi connectivity index (χ0n) is 15.9. The topological polar surface area (TPSA) is 61.4 Å². The molecular weight excluding hydrogens is 358 g/mol. The molecule has 5 nitrogen and oxygen atoms in total.